The summed E-state index contributed by atoms with van der Waals surface area (Å²) in [5.74, 6) is -1.76. The molecule has 1 unspecified atom stereocenters. The molecule has 0 radical (unpaired) electrons. The first-order valence-corrected chi connectivity index (χ1v) is 5.81. The largest absolute Gasteiger partial charge is 0.479 e. The number of aliphatic hydroxyl groups excluding tert-OH is 1. The molecule has 0 saturated carbocycles. The van der Waals surface area contributed by atoms with E-state index in [4.69, 9.17) is 33.4 Å². The Hall–Kier alpha value is -1.30. The smallest absolute Gasteiger partial charge is 0.332 e. The summed E-state index contributed by atoms with van der Waals surface area (Å²) in [7, 11) is 0. The first kappa shape index (κ1) is 14.8. The van der Waals surface area contributed by atoms with E-state index < -0.39 is 18.0 Å². The van der Waals surface area contributed by atoms with Crippen LogP contribution in [-0.4, -0.2) is 34.7 Å². The second-order valence-corrected chi connectivity index (χ2v) is 4.43. The van der Waals surface area contributed by atoms with Gasteiger partial charge in [0.05, 0.1) is 0 Å². The van der Waals surface area contributed by atoms with Gasteiger partial charge in [-0.25, -0.2) is 4.79 Å². The summed E-state index contributed by atoms with van der Waals surface area (Å²) < 4.78 is 0. The summed E-state index contributed by atoms with van der Waals surface area (Å²) in [6.45, 7) is 0.0381. The van der Waals surface area contributed by atoms with Crippen LogP contribution in [0.4, 0.5) is 0 Å². The van der Waals surface area contributed by atoms with E-state index >= 15 is 0 Å². The fraction of sp³-hybridized carbons (Fsp3) is 0.273. The molecule has 1 aromatic rings. The summed E-state index contributed by atoms with van der Waals surface area (Å²) in [4.78, 5) is 22.0. The molecule has 7 heteroatoms. The summed E-state index contributed by atoms with van der Waals surface area (Å²) in [6.07, 6.45) is -1.57. The molecule has 0 aromatic heterocycles. The first-order valence-electron chi connectivity index (χ1n) is 5.05. The van der Waals surface area contributed by atoms with E-state index in [0.29, 0.717) is 10.0 Å². The molecule has 0 heterocycles. The quantitative estimate of drug-likeness (QED) is 0.768. The maximum atomic E-state index is 11.6. The normalized spacial score (nSPS) is 11.9. The van der Waals surface area contributed by atoms with Crippen molar-refractivity contribution in [1.29, 1.82) is 0 Å². The summed E-state index contributed by atoms with van der Waals surface area (Å²) >= 11 is 11.5. The minimum absolute atomic E-state index is 0.0381. The lowest BCUT2D eigenvalue weighted by molar-refractivity contribution is -0.146. The van der Waals surface area contributed by atoms with E-state index in [-0.39, 0.29) is 18.5 Å². The van der Waals surface area contributed by atoms with E-state index in [0.717, 1.165) is 0 Å². The lowest BCUT2D eigenvalue weighted by Gasteiger charge is -2.08. The van der Waals surface area contributed by atoms with Crippen molar-refractivity contribution in [2.75, 3.05) is 6.54 Å². The molecule has 0 fully saturated rings. The molecule has 0 saturated heterocycles. The maximum Gasteiger partial charge on any atom is 0.332 e. The number of carbonyl (C=O) groups is 2. The lowest BCUT2D eigenvalue weighted by atomic mass is 10.2. The molecule has 98 valence electrons. The molecule has 3 N–H and O–H groups in total. The van der Waals surface area contributed by atoms with Gasteiger partial charge < -0.3 is 15.5 Å². The second-order valence-electron chi connectivity index (χ2n) is 3.56. The van der Waals surface area contributed by atoms with Gasteiger partial charge in [-0.05, 0) is 18.2 Å². The number of carbonyl (C=O) groups excluding carboxylic acids is 1. The van der Waals surface area contributed by atoms with Crippen LogP contribution < -0.4 is 5.32 Å². The Kier molecular flexibility index (Phi) is 5.40. The number of halogens is 2. The minimum atomic E-state index is -1.49. The van der Waals surface area contributed by atoms with Crippen LogP contribution in [0.2, 0.25) is 10.0 Å². The average molecular weight is 292 g/mol. The number of carboxylic acids is 1. The van der Waals surface area contributed by atoms with Crippen molar-refractivity contribution >= 4 is 35.1 Å². The number of nitrogens with one attached hydrogen (secondary N) is 1. The zero-order valence-corrected chi connectivity index (χ0v) is 10.7. The van der Waals surface area contributed by atoms with Gasteiger partial charge in [0.25, 0.3) is 5.91 Å². The Bertz CT molecular complexity index is 444. The number of hydrogen-bond acceptors (Lipinski definition) is 3. The Morgan fingerprint density at radius 3 is 2.28 bits per heavy atom. The molecule has 1 amide bonds. The van der Waals surface area contributed by atoms with Crippen molar-refractivity contribution in [2.24, 2.45) is 0 Å². The SMILES string of the molecule is O=C(NCCC(O)C(=O)O)c1cc(Cl)cc(Cl)c1. The predicted octanol–water partition coefficient (Wildman–Crippen LogP) is 1.56. The summed E-state index contributed by atoms with van der Waals surface area (Å²) in [6, 6.07) is 4.38. The van der Waals surface area contributed by atoms with E-state index in [1.165, 1.54) is 18.2 Å². The van der Waals surface area contributed by atoms with Gasteiger partial charge in [-0.2, -0.15) is 0 Å². The molecule has 0 aliphatic heterocycles. The zero-order chi connectivity index (χ0) is 13.7. The highest BCUT2D eigenvalue weighted by molar-refractivity contribution is 6.35. The van der Waals surface area contributed by atoms with Crippen LogP contribution in [0.5, 0.6) is 0 Å². The van der Waals surface area contributed by atoms with Crippen molar-refractivity contribution in [3.63, 3.8) is 0 Å². The Labute approximate surface area is 113 Å². The van der Waals surface area contributed by atoms with Crippen LogP contribution in [0.1, 0.15) is 16.8 Å². The molecular formula is C11H11Cl2NO4. The fourth-order valence-electron chi connectivity index (χ4n) is 1.23. The van der Waals surface area contributed by atoms with Gasteiger partial charge in [-0.3, -0.25) is 4.79 Å². The van der Waals surface area contributed by atoms with Gasteiger partial charge in [0.2, 0.25) is 0 Å². The standard InChI is InChI=1S/C11H11Cl2NO4/c12-7-3-6(4-8(13)5-7)10(16)14-2-1-9(15)11(17)18/h3-5,9,15H,1-2H2,(H,14,16)(H,17,18). The van der Waals surface area contributed by atoms with E-state index in [1.807, 2.05) is 0 Å². The Balaban J connectivity index is 2.53. The van der Waals surface area contributed by atoms with Crippen LogP contribution >= 0.6 is 23.2 Å². The molecule has 1 atom stereocenters. The third-order valence-corrected chi connectivity index (χ3v) is 2.55. The maximum absolute atomic E-state index is 11.6. The molecule has 1 rings (SSSR count). The molecule has 0 aliphatic rings. The summed E-state index contributed by atoms with van der Waals surface area (Å²) in [5, 5.41) is 20.6. The third kappa shape index (κ3) is 4.52. The van der Waals surface area contributed by atoms with Gasteiger partial charge in [-0.1, -0.05) is 23.2 Å². The van der Waals surface area contributed by atoms with Gasteiger partial charge in [0.15, 0.2) is 6.10 Å². The third-order valence-electron chi connectivity index (χ3n) is 2.11. The number of amides is 1. The van der Waals surface area contributed by atoms with Crippen LogP contribution in [0.15, 0.2) is 18.2 Å². The van der Waals surface area contributed by atoms with Crippen LogP contribution in [-0.2, 0) is 4.79 Å². The van der Waals surface area contributed by atoms with Gasteiger partial charge in [0, 0.05) is 28.6 Å². The average Bonchev–Trinajstić information content (AvgIpc) is 2.27. The minimum Gasteiger partial charge on any atom is -0.479 e. The first-order chi connectivity index (χ1) is 8.40. The van der Waals surface area contributed by atoms with Gasteiger partial charge >= 0.3 is 5.97 Å². The van der Waals surface area contributed by atoms with E-state index in [2.05, 4.69) is 5.32 Å². The van der Waals surface area contributed by atoms with Crippen molar-refractivity contribution in [3.05, 3.63) is 33.8 Å². The molecule has 5 nitrogen and oxygen atoms in total. The Morgan fingerprint density at radius 2 is 1.78 bits per heavy atom. The van der Waals surface area contributed by atoms with Crippen LogP contribution in [0, 0.1) is 0 Å². The molecule has 1 aromatic carbocycles. The fourth-order valence-corrected chi connectivity index (χ4v) is 1.76. The van der Waals surface area contributed by atoms with Gasteiger partial charge in [0.1, 0.15) is 0 Å². The molecular weight excluding hydrogens is 281 g/mol. The number of aliphatic carboxylic acids is 1. The van der Waals surface area contributed by atoms with Crippen molar-refractivity contribution in [2.45, 2.75) is 12.5 Å². The lowest BCUT2D eigenvalue weighted by Crippen LogP contribution is -2.30. The zero-order valence-electron chi connectivity index (χ0n) is 9.19. The molecule has 18 heavy (non-hydrogen) atoms. The van der Waals surface area contributed by atoms with Crippen molar-refractivity contribution in [1.82, 2.24) is 5.32 Å². The van der Waals surface area contributed by atoms with Crippen LogP contribution in [0.3, 0.4) is 0 Å². The van der Waals surface area contributed by atoms with E-state index in [9.17, 15) is 9.59 Å². The number of carboxylic acid groups (broad SMARTS) is 1. The topological polar surface area (TPSA) is 86.6 Å². The second kappa shape index (κ2) is 6.58. The number of aliphatic hydroxyl groups is 1. The molecule has 0 spiro atoms. The highest BCUT2D eigenvalue weighted by Gasteiger charge is 2.13. The van der Waals surface area contributed by atoms with Crippen molar-refractivity contribution in [3.8, 4) is 0 Å². The van der Waals surface area contributed by atoms with Crippen LogP contribution in [0.25, 0.3) is 0 Å². The highest BCUT2D eigenvalue weighted by atomic mass is 35.5. The van der Waals surface area contributed by atoms with Crippen molar-refractivity contribution < 1.29 is 19.8 Å². The predicted molar refractivity (Wildman–Crippen MR) is 67.1 cm³/mol. The molecule has 0 aliphatic carbocycles. The Morgan fingerprint density at radius 1 is 1.22 bits per heavy atom. The highest BCUT2D eigenvalue weighted by Crippen LogP contribution is 2.18. The number of benzene rings is 1. The number of rotatable bonds is 5. The van der Waals surface area contributed by atoms with Gasteiger partial charge in [-0.15, -0.1) is 0 Å². The monoisotopic (exact) mass is 291 g/mol. The summed E-state index contributed by atoms with van der Waals surface area (Å²) in [5.41, 5.74) is 0.275. The molecule has 0 bridgehead atoms. The number of hydrogen-bond donors (Lipinski definition) is 3. The van der Waals surface area contributed by atoms with E-state index in [1.54, 1.807) is 0 Å².